The van der Waals surface area contributed by atoms with E-state index in [-0.39, 0.29) is 12.0 Å². The Balaban J connectivity index is 1.33. The molecular weight excluding hydrogens is 448 g/mol. The summed E-state index contributed by atoms with van der Waals surface area (Å²) in [6.07, 6.45) is 2.07. The zero-order chi connectivity index (χ0) is 24.8. The van der Waals surface area contributed by atoms with Gasteiger partial charge < -0.3 is 28.6 Å². The fourth-order valence-corrected chi connectivity index (χ4v) is 4.87. The van der Waals surface area contributed by atoms with Crippen molar-refractivity contribution in [3.05, 3.63) is 47.0 Å². The van der Waals surface area contributed by atoms with Crippen molar-refractivity contribution in [3.63, 3.8) is 0 Å². The monoisotopic (exact) mass is 484 g/mol. The Bertz CT molecular complexity index is 1030. The lowest BCUT2D eigenvalue weighted by Gasteiger charge is -2.35. The predicted molar refractivity (Wildman–Crippen MR) is 133 cm³/mol. The molecule has 0 radical (unpaired) electrons. The van der Waals surface area contributed by atoms with Crippen LogP contribution in [0.4, 0.5) is 0 Å². The number of carbonyl (C=O) groups is 1. The smallest absolute Gasteiger partial charge is 0.227 e. The number of amides is 1. The lowest BCUT2D eigenvalue weighted by atomic mass is 10.0. The molecule has 2 heterocycles. The van der Waals surface area contributed by atoms with Crippen LogP contribution in [0.3, 0.4) is 0 Å². The molecule has 35 heavy (non-hydrogen) atoms. The molecule has 4 rings (SSSR count). The van der Waals surface area contributed by atoms with Crippen molar-refractivity contribution in [1.29, 1.82) is 0 Å². The van der Waals surface area contributed by atoms with Crippen LogP contribution in [0.25, 0.3) is 0 Å². The van der Waals surface area contributed by atoms with Gasteiger partial charge in [0, 0.05) is 32.7 Å². The molecule has 2 aromatic rings. The second-order valence-corrected chi connectivity index (χ2v) is 8.98. The van der Waals surface area contributed by atoms with E-state index in [1.54, 1.807) is 28.4 Å². The van der Waals surface area contributed by atoms with Gasteiger partial charge in [0.1, 0.15) is 0 Å². The summed E-state index contributed by atoms with van der Waals surface area (Å²) < 4.78 is 27.7. The molecule has 0 N–H and O–H groups in total. The van der Waals surface area contributed by atoms with Gasteiger partial charge in [-0.2, -0.15) is 0 Å². The third-order valence-electron chi connectivity index (χ3n) is 6.86. The van der Waals surface area contributed by atoms with Crippen molar-refractivity contribution in [3.8, 4) is 23.0 Å². The molecule has 8 heteroatoms. The number of carbonyl (C=O) groups excluding carboxylic acids is 1. The molecule has 0 spiro atoms. The summed E-state index contributed by atoms with van der Waals surface area (Å²) in [5.41, 5.74) is 3.35. The zero-order valence-electron chi connectivity index (χ0n) is 21.2. The molecule has 1 amide bonds. The van der Waals surface area contributed by atoms with Crippen LogP contribution < -0.4 is 18.9 Å². The molecule has 1 atom stereocenters. The van der Waals surface area contributed by atoms with E-state index < -0.39 is 0 Å². The van der Waals surface area contributed by atoms with Crippen LogP contribution >= 0.6 is 0 Å². The first-order chi connectivity index (χ1) is 17.0. The van der Waals surface area contributed by atoms with Gasteiger partial charge in [-0.3, -0.25) is 9.69 Å². The van der Waals surface area contributed by atoms with Crippen LogP contribution in [0.5, 0.6) is 23.0 Å². The van der Waals surface area contributed by atoms with Gasteiger partial charge >= 0.3 is 0 Å². The normalized spacial score (nSPS) is 18.6. The topological polar surface area (TPSA) is 69.7 Å². The van der Waals surface area contributed by atoms with Crippen LogP contribution in [-0.4, -0.2) is 89.6 Å². The average molecular weight is 485 g/mol. The summed E-state index contributed by atoms with van der Waals surface area (Å²) >= 11 is 0. The van der Waals surface area contributed by atoms with E-state index in [1.165, 1.54) is 5.56 Å². The number of hydrogen-bond acceptors (Lipinski definition) is 7. The third kappa shape index (κ3) is 6.00. The third-order valence-corrected chi connectivity index (χ3v) is 6.86. The number of nitrogens with zero attached hydrogens (tertiary/aromatic N) is 2. The minimum Gasteiger partial charge on any atom is -0.493 e. The second-order valence-electron chi connectivity index (χ2n) is 8.98. The van der Waals surface area contributed by atoms with Crippen LogP contribution in [0.2, 0.25) is 0 Å². The number of rotatable bonds is 9. The van der Waals surface area contributed by atoms with Crippen molar-refractivity contribution >= 4 is 5.91 Å². The quantitative estimate of drug-likeness (QED) is 0.542. The van der Waals surface area contributed by atoms with Crippen molar-refractivity contribution in [2.24, 2.45) is 0 Å². The standard InChI is InChI=1S/C27H36N2O6/c1-31-23-6-5-19(13-24(23)32-2)7-9-28-11-12-35-22(17-28)18-29-10-8-20-14-25(33-3)26(34-4)15-21(20)16-27(29)30/h5-6,13-15,22H,7-12,16-18H2,1-4H3/t22-/m0/s1. The minimum atomic E-state index is 0.00314. The fraction of sp³-hybridized carbons (Fsp3) is 0.519. The van der Waals surface area contributed by atoms with E-state index in [9.17, 15) is 4.79 Å². The molecule has 0 saturated carbocycles. The van der Waals surface area contributed by atoms with Crippen molar-refractivity contribution in [2.45, 2.75) is 25.4 Å². The van der Waals surface area contributed by atoms with Gasteiger partial charge in [0.2, 0.25) is 5.91 Å². The van der Waals surface area contributed by atoms with Crippen molar-refractivity contribution in [2.75, 3.05) is 67.8 Å². The first kappa shape index (κ1) is 25.1. The van der Waals surface area contributed by atoms with Gasteiger partial charge in [-0.05, 0) is 53.8 Å². The van der Waals surface area contributed by atoms with Gasteiger partial charge in [0.15, 0.2) is 23.0 Å². The SMILES string of the molecule is COc1ccc(CCN2CCO[C@H](CN3CCc4cc(OC)c(OC)cc4CC3=O)C2)cc1OC. The average Bonchev–Trinajstić information content (AvgIpc) is 3.04. The maximum absolute atomic E-state index is 13.1. The summed E-state index contributed by atoms with van der Waals surface area (Å²) in [7, 11) is 6.55. The Morgan fingerprint density at radius 1 is 0.886 bits per heavy atom. The first-order valence-corrected chi connectivity index (χ1v) is 12.1. The lowest BCUT2D eigenvalue weighted by Crippen LogP contribution is -2.49. The van der Waals surface area contributed by atoms with Gasteiger partial charge in [-0.15, -0.1) is 0 Å². The van der Waals surface area contributed by atoms with E-state index in [4.69, 9.17) is 23.7 Å². The van der Waals surface area contributed by atoms with E-state index in [2.05, 4.69) is 11.0 Å². The summed E-state index contributed by atoms with van der Waals surface area (Å²) in [6, 6.07) is 10.00. The molecule has 0 unspecified atom stereocenters. The van der Waals surface area contributed by atoms with Gasteiger partial charge in [-0.1, -0.05) is 6.07 Å². The Hall–Kier alpha value is -2.97. The van der Waals surface area contributed by atoms with Crippen molar-refractivity contribution < 1.29 is 28.5 Å². The maximum Gasteiger partial charge on any atom is 0.227 e. The molecule has 8 nitrogen and oxygen atoms in total. The molecule has 190 valence electrons. The zero-order valence-corrected chi connectivity index (χ0v) is 21.2. The first-order valence-electron chi connectivity index (χ1n) is 12.1. The highest BCUT2D eigenvalue weighted by atomic mass is 16.5. The molecule has 0 aliphatic carbocycles. The number of fused-ring (bicyclic) bond motifs is 1. The van der Waals surface area contributed by atoms with Crippen LogP contribution in [-0.2, 0) is 28.8 Å². The van der Waals surface area contributed by atoms with Gasteiger partial charge in [0.05, 0.1) is 47.6 Å². The number of benzene rings is 2. The largest absolute Gasteiger partial charge is 0.493 e. The van der Waals surface area contributed by atoms with Gasteiger partial charge in [0.25, 0.3) is 0 Å². The highest BCUT2D eigenvalue weighted by Gasteiger charge is 2.28. The second kappa shape index (κ2) is 11.6. The van der Waals surface area contributed by atoms with Crippen LogP contribution in [0.1, 0.15) is 16.7 Å². The summed E-state index contributed by atoms with van der Waals surface area (Å²) in [4.78, 5) is 17.4. The fourth-order valence-electron chi connectivity index (χ4n) is 4.87. The Labute approximate surface area is 207 Å². The molecule has 0 aromatic heterocycles. The van der Waals surface area contributed by atoms with E-state index in [1.807, 2.05) is 29.2 Å². The Kier molecular flexibility index (Phi) is 8.36. The molecule has 0 bridgehead atoms. The summed E-state index contributed by atoms with van der Waals surface area (Å²) in [5, 5.41) is 0. The molecule has 1 fully saturated rings. The van der Waals surface area contributed by atoms with Crippen molar-refractivity contribution in [1.82, 2.24) is 9.80 Å². The highest BCUT2D eigenvalue weighted by Crippen LogP contribution is 2.32. The maximum atomic E-state index is 13.1. The van der Waals surface area contributed by atoms with Crippen LogP contribution in [0, 0.1) is 0 Å². The molecule has 2 aliphatic rings. The molecule has 2 aliphatic heterocycles. The predicted octanol–water partition coefficient (Wildman–Crippen LogP) is 2.59. The molecule has 1 saturated heterocycles. The number of ether oxygens (including phenoxy) is 5. The molecule has 2 aromatic carbocycles. The van der Waals surface area contributed by atoms with Crippen LogP contribution in [0.15, 0.2) is 30.3 Å². The lowest BCUT2D eigenvalue weighted by molar-refractivity contribution is -0.133. The van der Waals surface area contributed by atoms with E-state index in [0.717, 1.165) is 55.1 Å². The van der Waals surface area contributed by atoms with E-state index >= 15 is 0 Å². The number of morpholine rings is 1. The summed E-state index contributed by atoms with van der Waals surface area (Å²) in [6.45, 7) is 4.58. The molecular formula is C27H36N2O6. The number of hydrogen-bond donors (Lipinski definition) is 0. The minimum absolute atomic E-state index is 0.00314. The highest BCUT2D eigenvalue weighted by molar-refractivity contribution is 5.80. The van der Waals surface area contributed by atoms with Gasteiger partial charge in [-0.25, -0.2) is 0 Å². The van der Waals surface area contributed by atoms with E-state index in [0.29, 0.717) is 37.6 Å². The Morgan fingerprint density at radius 2 is 1.57 bits per heavy atom. The number of methoxy groups -OCH3 is 4. The summed E-state index contributed by atoms with van der Waals surface area (Å²) in [5.74, 6) is 2.98. The Morgan fingerprint density at radius 3 is 2.29 bits per heavy atom.